The predicted molar refractivity (Wildman–Crippen MR) is 80.7 cm³/mol. The number of carboxylic acid groups (broad SMARTS) is 1. The molecule has 1 N–H and O–H groups in total. The van der Waals surface area contributed by atoms with E-state index < -0.39 is 5.97 Å². The minimum Gasteiger partial charge on any atom is -0.481 e. The molecule has 1 aliphatic rings. The molecule has 0 spiro atoms. The third kappa shape index (κ3) is 3.79. The second kappa shape index (κ2) is 6.52. The molecule has 0 saturated carbocycles. The summed E-state index contributed by atoms with van der Waals surface area (Å²) in [6.45, 7) is 5.23. The first-order valence-electron chi connectivity index (χ1n) is 7.27. The largest absolute Gasteiger partial charge is 0.481 e. The van der Waals surface area contributed by atoms with Crippen LogP contribution in [0.3, 0.4) is 0 Å². The maximum atomic E-state index is 12.6. The lowest BCUT2D eigenvalue weighted by Crippen LogP contribution is -2.39. The monoisotopic (exact) mass is 312 g/mol. The lowest BCUT2D eigenvalue weighted by molar-refractivity contribution is -0.138. The average molecular weight is 313 g/mol. The second-order valence-electron chi connectivity index (χ2n) is 5.88. The van der Waals surface area contributed by atoms with Gasteiger partial charge in [0, 0.05) is 31.7 Å². The van der Waals surface area contributed by atoms with E-state index in [9.17, 15) is 9.59 Å². The second-order valence-corrected chi connectivity index (χ2v) is 6.31. The summed E-state index contributed by atoms with van der Waals surface area (Å²) in [6.07, 6.45) is 3.45. The van der Waals surface area contributed by atoms with Crippen LogP contribution < -0.4 is 0 Å². The molecule has 1 aromatic rings. The molecular formula is C15H21ClN2O3. The van der Waals surface area contributed by atoms with Crippen molar-refractivity contribution in [2.45, 2.75) is 39.2 Å². The van der Waals surface area contributed by atoms with E-state index >= 15 is 0 Å². The first-order chi connectivity index (χ1) is 9.88. The number of piperidine rings is 1. The predicted octanol–water partition coefficient (Wildman–Crippen LogP) is 3.05. The van der Waals surface area contributed by atoms with Crippen LogP contribution in [0.1, 0.15) is 49.6 Å². The smallest absolute Gasteiger partial charge is 0.303 e. The van der Waals surface area contributed by atoms with Crippen molar-refractivity contribution in [3.05, 3.63) is 23.0 Å². The molecule has 2 rings (SSSR count). The highest BCUT2D eigenvalue weighted by molar-refractivity contribution is 6.31. The number of carbonyl (C=O) groups excluding carboxylic acids is 1. The number of aliphatic carboxylic acids is 1. The summed E-state index contributed by atoms with van der Waals surface area (Å²) < 4.78 is 1.88. The number of carbonyl (C=O) groups is 2. The van der Waals surface area contributed by atoms with Crippen LogP contribution in [0.15, 0.2) is 12.3 Å². The maximum Gasteiger partial charge on any atom is 0.303 e. The van der Waals surface area contributed by atoms with Gasteiger partial charge in [0.2, 0.25) is 0 Å². The van der Waals surface area contributed by atoms with Crippen LogP contribution in [0.4, 0.5) is 0 Å². The highest BCUT2D eigenvalue weighted by atomic mass is 35.5. The summed E-state index contributed by atoms with van der Waals surface area (Å²) in [4.78, 5) is 25.1. The average Bonchev–Trinajstić information content (AvgIpc) is 2.80. The molecule has 1 saturated heterocycles. The van der Waals surface area contributed by atoms with Gasteiger partial charge in [-0.05, 0) is 38.7 Å². The molecule has 21 heavy (non-hydrogen) atoms. The van der Waals surface area contributed by atoms with E-state index in [0.717, 1.165) is 12.8 Å². The Morgan fingerprint density at radius 3 is 2.52 bits per heavy atom. The van der Waals surface area contributed by atoms with Crippen LogP contribution in [0.2, 0.25) is 5.02 Å². The van der Waals surface area contributed by atoms with Crippen molar-refractivity contribution in [2.24, 2.45) is 5.92 Å². The number of rotatable bonds is 4. The Bertz CT molecular complexity index is 531. The molecule has 0 bridgehead atoms. The van der Waals surface area contributed by atoms with Gasteiger partial charge in [-0.15, -0.1) is 0 Å². The minimum absolute atomic E-state index is 0.0237. The number of hydrogen-bond donors (Lipinski definition) is 1. The zero-order valence-electron chi connectivity index (χ0n) is 12.4. The third-order valence-corrected chi connectivity index (χ3v) is 4.16. The van der Waals surface area contributed by atoms with Gasteiger partial charge in [-0.2, -0.15) is 0 Å². The summed E-state index contributed by atoms with van der Waals surface area (Å²) in [6, 6.07) is 1.87. The van der Waals surface area contributed by atoms with Gasteiger partial charge in [0.05, 0.1) is 5.02 Å². The van der Waals surface area contributed by atoms with E-state index in [2.05, 4.69) is 0 Å². The molecule has 0 aromatic carbocycles. The van der Waals surface area contributed by atoms with Gasteiger partial charge in [-0.3, -0.25) is 9.59 Å². The molecule has 0 atom stereocenters. The zero-order valence-corrected chi connectivity index (χ0v) is 13.1. The molecule has 1 fully saturated rings. The van der Waals surface area contributed by atoms with E-state index in [1.54, 1.807) is 17.2 Å². The molecule has 5 nitrogen and oxygen atoms in total. The van der Waals surface area contributed by atoms with Gasteiger partial charge in [0.15, 0.2) is 0 Å². The number of halogens is 1. The first-order valence-corrected chi connectivity index (χ1v) is 7.64. The van der Waals surface area contributed by atoms with Crippen molar-refractivity contribution >= 4 is 23.5 Å². The van der Waals surface area contributed by atoms with Gasteiger partial charge in [0.1, 0.15) is 5.69 Å². The first kappa shape index (κ1) is 15.9. The molecular weight excluding hydrogens is 292 g/mol. The van der Waals surface area contributed by atoms with E-state index in [1.165, 1.54) is 0 Å². The Hall–Kier alpha value is -1.49. The topological polar surface area (TPSA) is 62.5 Å². The van der Waals surface area contributed by atoms with Gasteiger partial charge >= 0.3 is 5.97 Å². The van der Waals surface area contributed by atoms with Crippen LogP contribution in [0, 0.1) is 5.92 Å². The van der Waals surface area contributed by atoms with Crippen LogP contribution in [-0.2, 0) is 4.79 Å². The molecule has 6 heteroatoms. The molecule has 1 aliphatic heterocycles. The number of hydrogen-bond acceptors (Lipinski definition) is 2. The summed E-state index contributed by atoms with van der Waals surface area (Å²) in [5, 5.41) is 9.38. The molecule has 116 valence electrons. The zero-order chi connectivity index (χ0) is 15.6. The van der Waals surface area contributed by atoms with Gasteiger partial charge in [-0.25, -0.2) is 0 Å². The fourth-order valence-corrected chi connectivity index (χ4v) is 3.00. The van der Waals surface area contributed by atoms with Gasteiger partial charge in [0.25, 0.3) is 5.91 Å². The van der Waals surface area contributed by atoms with E-state index in [4.69, 9.17) is 16.7 Å². The number of aromatic nitrogens is 1. The summed E-state index contributed by atoms with van der Waals surface area (Å²) >= 11 is 6.02. The maximum absolute atomic E-state index is 12.6. The van der Waals surface area contributed by atoms with E-state index in [1.807, 2.05) is 18.4 Å². The van der Waals surface area contributed by atoms with E-state index in [-0.39, 0.29) is 24.3 Å². The van der Waals surface area contributed by atoms with Gasteiger partial charge in [-0.1, -0.05) is 11.6 Å². The minimum atomic E-state index is -0.764. The Kier molecular flexibility index (Phi) is 4.93. The van der Waals surface area contributed by atoms with Crippen LogP contribution in [0.5, 0.6) is 0 Å². The standard InChI is InChI=1S/C15H21ClN2O3/c1-10(2)18-9-12(16)8-13(18)15(21)17-5-3-11(4-6-17)7-14(19)20/h8-11H,3-7H2,1-2H3,(H,19,20). The SMILES string of the molecule is CC(C)n1cc(Cl)cc1C(=O)N1CCC(CC(=O)O)CC1. The van der Waals surface area contributed by atoms with Crippen molar-refractivity contribution < 1.29 is 14.7 Å². The summed E-state index contributed by atoms with van der Waals surface area (Å²) in [5.41, 5.74) is 0.603. The third-order valence-electron chi connectivity index (χ3n) is 3.96. The highest BCUT2D eigenvalue weighted by Crippen LogP contribution is 2.24. The molecule has 0 unspecified atom stereocenters. The Balaban J connectivity index is 2.04. The lowest BCUT2D eigenvalue weighted by atomic mass is 9.93. The summed E-state index contributed by atoms with van der Waals surface area (Å²) in [7, 11) is 0. The van der Waals surface area contributed by atoms with Crippen molar-refractivity contribution in [2.75, 3.05) is 13.1 Å². The van der Waals surface area contributed by atoms with Crippen molar-refractivity contribution in [1.29, 1.82) is 0 Å². The fraction of sp³-hybridized carbons (Fsp3) is 0.600. The summed E-state index contributed by atoms with van der Waals surface area (Å²) in [5.74, 6) is -0.614. The number of amides is 1. The number of carboxylic acids is 1. The molecule has 0 radical (unpaired) electrons. The molecule has 2 heterocycles. The highest BCUT2D eigenvalue weighted by Gasteiger charge is 2.27. The van der Waals surface area contributed by atoms with E-state index in [0.29, 0.717) is 23.8 Å². The fourth-order valence-electron chi connectivity index (χ4n) is 2.79. The van der Waals surface area contributed by atoms with Gasteiger partial charge < -0.3 is 14.6 Å². The van der Waals surface area contributed by atoms with Crippen molar-refractivity contribution in [1.82, 2.24) is 9.47 Å². The molecule has 1 amide bonds. The Labute approximate surface area is 129 Å². The normalized spacial score (nSPS) is 16.5. The Morgan fingerprint density at radius 1 is 1.38 bits per heavy atom. The Morgan fingerprint density at radius 2 is 2.00 bits per heavy atom. The number of nitrogens with zero attached hydrogens (tertiary/aromatic N) is 2. The molecule has 1 aromatic heterocycles. The number of likely N-dealkylation sites (tertiary alicyclic amines) is 1. The van der Waals surface area contributed by atoms with Crippen molar-refractivity contribution in [3.63, 3.8) is 0 Å². The lowest BCUT2D eigenvalue weighted by Gasteiger charge is -2.31. The van der Waals surface area contributed by atoms with Crippen LogP contribution in [-0.4, -0.2) is 39.5 Å². The van der Waals surface area contributed by atoms with Crippen molar-refractivity contribution in [3.8, 4) is 0 Å². The van der Waals surface area contributed by atoms with Crippen LogP contribution >= 0.6 is 11.6 Å². The molecule has 0 aliphatic carbocycles. The van der Waals surface area contributed by atoms with Crippen LogP contribution in [0.25, 0.3) is 0 Å². The quantitative estimate of drug-likeness (QED) is 0.929.